The van der Waals surface area contributed by atoms with Gasteiger partial charge in [0.2, 0.25) is 0 Å². The lowest BCUT2D eigenvalue weighted by molar-refractivity contribution is 0.393. The monoisotopic (exact) mass is 295 g/mol. The number of nitrogens with two attached hydrogens (primary N) is 1. The van der Waals surface area contributed by atoms with Crippen molar-refractivity contribution in [1.82, 2.24) is 0 Å². The molecule has 0 aliphatic heterocycles. The number of rotatable bonds is 4. The average Bonchev–Trinajstić information content (AvgIpc) is 2.48. The molecule has 1 atom stereocenters. The summed E-state index contributed by atoms with van der Waals surface area (Å²) in [5, 5.41) is 0.417. The van der Waals surface area contributed by atoms with Gasteiger partial charge in [-0.1, -0.05) is 11.6 Å². The van der Waals surface area contributed by atoms with Gasteiger partial charge >= 0.3 is 0 Å². The van der Waals surface area contributed by atoms with E-state index in [1.807, 2.05) is 0 Å². The second kappa shape index (κ2) is 6.11. The van der Waals surface area contributed by atoms with Crippen molar-refractivity contribution < 1.29 is 13.9 Å². The lowest BCUT2D eigenvalue weighted by Gasteiger charge is -2.16. The largest absolute Gasteiger partial charge is 0.497 e. The maximum absolute atomic E-state index is 13.4. The fourth-order valence-corrected chi connectivity index (χ4v) is 2.18. The highest BCUT2D eigenvalue weighted by molar-refractivity contribution is 6.31. The summed E-state index contributed by atoms with van der Waals surface area (Å²) in [7, 11) is 3.11. The van der Waals surface area contributed by atoms with Crippen molar-refractivity contribution in [2.45, 2.75) is 6.04 Å². The Balaban J connectivity index is 2.46. The van der Waals surface area contributed by atoms with E-state index in [4.69, 9.17) is 26.8 Å². The zero-order valence-electron chi connectivity index (χ0n) is 11.2. The standard InChI is InChI=1S/C15H15ClFNO2/c1-19-11-5-9(6-12(8-11)20-2)15(18)13-7-10(17)3-4-14(13)16/h3-8,15H,18H2,1-2H3. The number of halogens is 2. The molecule has 0 fully saturated rings. The molecule has 0 heterocycles. The van der Waals surface area contributed by atoms with Crippen LogP contribution in [0.5, 0.6) is 11.5 Å². The lowest BCUT2D eigenvalue weighted by atomic mass is 9.99. The van der Waals surface area contributed by atoms with E-state index in [1.165, 1.54) is 18.2 Å². The molecule has 0 aliphatic rings. The summed E-state index contributed by atoms with van der Waals surface area (Å²) in [6.45, 7) is 0. The Hall–Kier alpha value is -1.78. The van der Waals surface area contributed by atoms with Crippen LogP contribution in [-0.4, -0.2) is 14.2 Å². The van der Waals surface area contributed by atoms with E-state index in [9.17, 15) is 4.39 Å². The number of hydrogen-bond acceptors (Lipinski definition) is 3. The van der Waals surface area contributed by atoms with Gasteiger partial charge in [-0.05, 0) is 41.5 Å². The lowest BCUT2D eigenvalue weighted by Crippen LogP contribution is -2.13. The van der Waals surface area contributed by atoms with E-state index in [0.29, 0.717) is 22.1 Å². The van der Waals surface area contributed by atoms with Crippen molar-refractivity contribution in [3.8, 4) is 11.5 Å². The van der Waals surface area contributed by atoms with Gasteiger partial charge in [0.1, 0.15) is 17.3 Å². The third-order valence-electron chi connectivity index (χ3n) is 3.03. The molecular weight excluding hydrogens is 281 g/mol. The van der Waals surface area contributed by atoms with E-state index >= 15 is 0 Å². The van der Waals surface area contributed by atoms with Gasteiger partial charge in [-0.15, -0.1) is 0 Å². The number of ether oxygens (including phenoxy) is 2. The second-order valence-corrected chi connectivity index (χ2v) is 4.70. The Labute approximate surface area is 122 Å². The minimum atomic E-state index is -0.567. The predicted molar refractivity (Wildman–Crippen MR) is 77.0 cm³/mol. The fourth-order valence-electron chi connectivity index (χ4n) is 1.94. The number of hydrogen-bond donors (Lipinski definition) is 1. The summed E-state index contributed by atoms with van der Waals surface area (Å²) in [5.74, 6) is 0.847. The molecule has 0 spiro atoms. The normalized spacial score (nSPS) is 12.1. The van der Waals surface area contributed by atoms with E-state index < -0.39 is 6.04 Å². The van der Waals surface area contributed by atoms with Crippen molar-refractivity contribution in [1.29, 1.82) is 0 Å². The molecule has 2 N–H and O–H groups in total. The average molecular weight is 296 g/mol. The first-order valence-electron chi connectivity index (χ1n) is 5.98. The van der Waals surface area contributed by atoms with Crippen LogP contribution in [0.2, 0.25) is 5.02 Å². The van der Waals surface area contributed by atoms with Gasteiger partial charge in [-0.25, -0.2) is 4.39 Å². The number of benzene rings is 2. The molecule has 2 aromatic rings. The molecule has 20 heavy (non-hydrogen) atoms. The topological polar surface area (TPSA) is 44.5 Å². The van der Waals surface area contributed by atoms with Gasteiger partial charge in [-0.2, -0.15) is 0 Å². The third-order valence-corrected chi connectivity index (χ3v) is 3.37. The smallest absolute Gasteiger partial charge is 0.123 e. The van der Waals surface area contributed by atoms with Crippen LogP contribution < -0.4 is 15.2 Å². The van der Waals surface area contributed by atoms with Gasteiger partial charge in [-0.3, -0.25) is 0 Å². The molecule has 0 amide bonds. The first-order chi connectivity index (χ1) is 9.55. The molecule has 0 saturated carbocycles. The van der Waals surface area contributed by atoms with Gasteiger partial charge in [0.25, 0.3) is 0 Å². The van der Waals surface area contributed by atoms with E-state index in [-0.39, 0.29) is 5.82 Å². The minimum absolute atomic E-state index is 0.380. The molecule has 0 aromatic heterocycles. The molecule has 1 unspecified atom stereocenters. The molecule has 0 saturated heterocycles. The highest BCUT2D eigenvalue weighted by Crippen LogP contribution is 2.31. The molecule has 2 rings (SSSR count). The van der Waals surface area contributed by atoms with Crippen molar-refractivity contribution in [3.05, 3.63) is 58.4 Å². The molecule has 0 bridgehead atoms. The van der Waals surface area contributed by atoms with Crippen LogP contribution in [0.3, 0.4) is 0 Å². The Morgan fingerprint density at radius 3 is 2.20 bits per heavy atom. The molecule has 0 radical (unpaired) electrons. The zero-order valence-corrected chi connectivity index (χ0v) is 11.9. The minimum Gasteiger partial charge on any atom is -0.497 e. The fraction of sp³-hybridized carbons (Fsp3) is 0.200. The van der Waals surface area contributed by atoms with Gasteiger partial charge in [0.15, 0.2) is 0 Å². The first kappa shape index (κ1) is 14.6. The molecule has 5 heteroatoms. The third kappa shape index (κ3) is 3.03. The molecule has 2 aromatic carbocycles. The van der Waals surface area contributed by atoms with E-state index in [2.05, 4.69) is 0 Å². The maximum atomic E-state index is 13.4. The van der Waals surface area contributed by atoms with E-state index in [1.54, 1.807) is 32.4 Å². The number of methoxy groups -OCH3 is 2. The van der Waals surface area contributed by atoms with Crippen LogP contribution in [0.15, 0.2) is 36.4 Å². The Morgan fingerprint density at radius 1 is 1.05 bits per heavy atom. The summed E-state index contributed by atoms with van der Waals surface area (Å²) in [4.78, 5) is 0. The second-order valence-electron chi connectivity index (χ2n) is 4.29. The summed E-state index contributed by atoms with van der Waals surface area (Å²) >= 11 is 6.08. The predicted octanol–water partition coefficient (Wildman–Crippen LogP) is 3.54. The van der Waals surface area contributed by atoms with Crippen LogP contribution in [0.1, 0.15) is 17.2 Å². The zero-order chi connectivity index (χ0) is 14.7. The van der Waals surface area contributed by atoms with E-state index in [0.717, 1.165) is 5.56 Å². The van der Waals surface area contributed by atoms with Crippen molar-refractivity contribution in [2.75, 3.05) is 14.2 Å². The van der Waals surface area contributed by atoms with Gasteiger partial charge < -0.3 is 15.2 Å². The molecule has 3 nitrogen and oxygen atoms in total. The van der Waals surface area contributed by atoms with Crippen LogP contribution in [0.25, 0.3) is 0 Å². The quantitative estimate of drug-likeness (QED) is 0.938. The van der Waals surface area contributed by atoms with Crippen molar-refractivity contribution in [2.24, 2.45) is 5.73 Å². The van der Waals surface area contributed by atoms with Crippen molar-refractivity contribution in [3.63, 3.8) is 0 Å². The Bertz CT molecular complexity index is 597. The Kier molecular flexibility index (Phi) is 4.47. The molecular formula is C15H15ClFNO2. The first-order valence-corrected chi connectivity index (χ1v) is 6.36. The highest BCUT2D eigenvalue weighted by atomic mass is 35.5. The van der Waals surface area contributed by atoms with Crippen LogP contribution in [0.4, 0.5) is 4.39 Å². The van der Waals surface area contributed by atoms with Crippen LogP contribution in [0, 0.1) is 5.82 Å². The van der Waals surface area contributed by atoms with Crippen LogP contribution in [-0.2, 0) is 0 Å². The van der Waals surface area contributed by atoms with Crippen LogP contribution >= 0.6 is 11.6 Å². The molecule has 0 aliphatic carbocycles. The molecule has 106 valence electrons. The van der Waals surface area contributed by atoms with Gasteiger partial charge in [0.05, 0.1) is 20.3 Å². The highest BCUT2D eigenvalue weighted by Gasteiger charge is 2.15. The van der Waals surface area contributed by atoms with Gasteiger partial charge in [0, 0.05) is 11.1 Å². The van der Waals surface area contributed by atoms with Crippen molar-refractivity contribution >= 4 is 11.6 Å². The Morgan fingerprint density at radius 2 is 1.65 bits per heavy atom. The summed E-state index contributed by atoms with van der Waals surface area (Å²) in [6, 6.07) is 8.83. The summed E-state index contributed by atoms with van der Waals surface area (Å²) in [5.41, 5.74) is 7.42. The summed E-state index contributed by atoms with van der Waals surface area (Å²) in [6.07, 6.45) is 0. The summed E-state index contributed by atoms with van der Waals surface area (Å²) < 4.78 is 23.7. The SMILES string of the molecule is COc1cc(OC)cc(C(N)c2cc(F)ccc2Cl)c1. The maximum Gasteiger partial charge on any atom is 0.123 e.